The number of hydrogen-bond donors (Lipinski definition) is 0. The van der Waals surface area contributed by atoms with Crippen LogP contribution in [-0.4, -0.2) is 7.11 Å². The van der Waals surface area contributed by atoms with Gasteiger partial charge in [0.05, 0.1) is 7.11 Å². The highest BCUT2D eigenvalue weighted by Gasteiger charge is 2.27. The van der Waals surface area contributed by atoms with E-state index in [9.17, 15) is 0 Å². The first-order valence-electron chi connectivity index (χ1n) is 4.32. The summed E-state index contributed by atoms with van der Waals surface area (Å²) in [7, 11) is 1.72. The Morgan fingerprint density at radius 1 is 1.42 bits per heavy atom. The lowest BCUT2D eigenvalue weighted by molar-refractivity contribution is 0.409. The molecule has 1 heteroatoms. The van der Waals surface area contributed by atoms with Crippen molar-refractivity contribution >= 4 is 0 Å². The van der Waals surface area contributed by atoms with Crippen LogP contribution in [0.4, 0.5) is 0 Å². The summed E-state index contributed by atoms with van der Waals surface area (Å²) in [5, 5.41) is 0. The molecule has 1 nitrogen and oxygen atoms in total. The average Bonchev–Trinajstić information content (AvgIpc) is 2.87. The molecular weight excluding hydrogens is 148 g/mol. The minimum atomic E-state index is 0.716. The van der Waals surface area contributed by atoms with Gasteiger partial charge in [0, 0.05) is 5.56 Å². The zero-order valence-electron chi connectivity index (χ0n) is 7.34. The highest BCUT2D eigenvalue weighted by molar-refractivity contribution is 5.46. The van der Waals surface area contributed by atoms with Gasteiger partial charge in [-0.1, -0.05) is 12.1 Å². The van der Waals surface area contributed by atoms with Gasteiger partial charge in [-0.25, -0.2) is 0 Å². The number of ether oxygens (including phenoxy) is 1. The lowest BCUT2D eigenvalue weighted by atomic mass is 10.0. The van der Waals surface area contributed by atoms with Crippen LogP contribution in [0.1, 0.15) is 29.9 Å². The third-order valence-corrected chi connectivity index (χ3v) is 2.36. The summed E-state index contributed by atoms with van der Waals surface area (Å²) in [5.41, 5.74) is 2.44. The predicted octanol–water partition coefficient (Wildman–Crippen LogP) is 2.75. The zero-order valence-corrected chi connectivity index (χ0v) is 7.34. The minimum absolute atomic E-state index is 0.716. The zero-order chi connectivity index (χ0) is 8.55. The standard InChI is InChI=1S/C11H13O/c1-8-4-3-5-10(12-2)11(8)9-6-7-9/h3-5,9H,1,6-7H2,2H3. The van der Waals surface area contributed by atoms with Crippen molar-refractivity contribution < 1.29 is 4.74 Å². The molecule has 1 saturated carbocycles. The molecule has 0 saturated heterocycles. The van der Waals surface area contributed by atoms with Gasteiger partial charge in [-0.05, 0) is 37.3 Å². The van der Waals surface area contributed by atoms with Crippen molar-refractivity contribution in [2.45, 2.75) is 18.8 Å². The van der Waals surface area contributed by atoms with E-state index >= 15 is 0 Å². The van der Waals surface area contributed by atoms with E-state index in [0.717, 1.165) is 11.3 Å². The van der Waals surface area contributed by atoms with E-state index in [1.807, 2.05) is 12.1 Å². The fraction of sp³-hybridized carbons (Fsp3) is 0.364. The van der Waals surface area contributed by atoms with Crippen molar-refractivity contribution in [3.8, 4) is 5.75 Å². The van der Waals surface area contributed by atoms with E-state index in [1.165, 1.54) is 18.4 Å². The van der Waals surface area contributed by atoms with E-state index in [4.69, 9.17) is 4.74 Å². The maximum Gasteiger partial charge on any atom is 0.122 e. The Hall–Kier alpha value is -0.980. The SMILES string of the molecule is [CH2]c1cccc(OC)c1C1CC1. The summed E-state index contributed by atoms with van der Waals surface area (Å²) in [4.78, 5) is 0. The molecule has 2 rings (SSSR count). The molecular formula is C11H13O. The second-order valence-corrected chi connectivity index (χ2v) is 3.31. The molecule has 0 atom stereocenters. The minimum Gasteiger partial charge on any atom is -0.496 e. The van der Waals surface area contributed by atoms with Gasteiger partial charge in [0.15, 0.2) is 0 Å². The average molecular weight is 161 g/mol. The smallest absolute Gasteiger partial charge is 0.122 e. The highest BCUT2D eigenvalue weighted by Crippen LogP contribution is 2.45. The molecule has 0 N–H and O–H groups in total. The van der Waals surface area contributed by atoms with E-state index in [1.54, 1.807) is 7.11 Å². The van der Waals surface area contributed by atoms with Crippen LogP contribution in [-0.2, 0) is 0 Å². The molecule has 0 unspecified atom stereocenters. The molecule has 0 aliphatic heterocycles. The van der Waals surface area contributed by atoms with Crippen molar-refractivity contribution in [1.82, 2.24) is 0 Å². The molecule has 0 bridgehead atoms. The fourth-order valence-corrected chi connectivity index (χ4v) is 1.60. The molecule has 0 heterocycles. The molecule has 1 aromatic carbocycles. The van der Waals surface area contributed by atoms with Crippen molar-refractivity contribution in [3.63, 3.8) is 0 Å². The van der Waals surface area contributed by atoms with Gasteiger partial charge in [0.25, 0.3) is 0 Å². The summed E-state index contributed by atoms with van der Waals surface area (Å²) < 4.78 is 5.29. The monoisotopic (exact) mass is 161 g/mol. The van der Waals surface area contributed by atoms with Crippen LogP contribution in [0.2, 0.25) is 0 Å². The maximum atomic E-state index is 5.29. The summed E-state index contributed by atoms with van der Waals surface area (Å²) >= 11 is 0. The van der Waals surface area contributed by atoms with Gasteiger partial charge in [-0.2, -0.15) is 0 Å². The lowest BCUT2D eigenvalue weighted by Crippen LogP contribution is -1.92. The molecule has 0 spiro atoms. The van der Waals surface area contributed by atoms with E-state index < -0.39 is 0 Å². The Balaban J connectivity index is 2.45. The van der Waals surface area contributed by atoms with Gasteiger partial charge in [0.1, 0.15) is 5.75 Å². The molecule has 1 aromatic rings. The van der Waals surface area contributed by atoms with Crippen molar-refractivity contribution in [1.29, 1.82) is 0 Å². The summed E-state index contributed by atoms with van der Waals surface area (Å²) in [6.07, 6.45) is 2.59. The van der Waals surface area contributed by atoms with Crippen molar-refractivity contribution in [3.05, 3.63) is 36.2 Å². The van der Waals surface area contributed by atoms with Crippen molar-refractivity contribution in [2.24, 2.45) is 0 Å². The Morgan fingerprint density at radius 3 is 2.75 bits per heavy atom. The van der Waals surface area contributed by atoms with Crippen molar-refractivity contribution in [2.75, 3.05) is 7.11 Å². The number of benzene rings is 1. The van der Waals surface area contributed by atoms with Gasteiger partial charge in [0.2, 0.25) is 0 Å². The molecule has 1 aliphatic rings. The third kappa shape index (κ3) is 1.20. The predicted molar refractivity (Wildman–Crippen MR) is 49.4 cm³/mol. The van der Waals surface area contributed by atoms with Crippen LogP contribution in [0.5, 0.6) is 5.75 Å². The van der Waals surface area contributed by atoms with E-state index in [2.05, 4.69) is 13.0 Å². The fourth-order valence-electron chi connectivity index (χ4n) is 1.60. The Labute approximate surface area is 73.4 Å². The van der Waals surface area contributed by atoms with E-state index in [0.29, 0.717) is 5.92 Å². The lowest BCUT2D eigenvalue weighted by Gasteiger charge is -2.09. The van der Waals surface area contributed by atoms with Crippen LogP contribution in [0.15, 0.2) is 18.2 Å². The second-order valence-electron chi connectivity index (χ2n) is 3.31. The van der Waals surface area contributed by atoms with Crippen LogP contribution < -0.4 is 4.74 Å². The Morgan fingerprint density at radius 2 is 2.17 bits per heavy atom. The normalized spacial score (nSPS) is 16.2. The van der Waals surface area contributed by atoms with E-state index in [-0.39, 0.29) is 0 Å². The summed E-state index contributed by atoms with van der Waals surface area (Å²) in [6, 6.07) is 6.06. The maximum absolute atomic E-state index is 5.29. The first-order valence-corrected chi connectivity index (χ1v) is 4.32. The largest absolute Gasteiger partial charge is 0.496 e. The Bertz CT molecular complexity index is 287. The first kappa shape index (κ1) is 7.66. The summed E-state index contributed by atoms with van der Waals surface area (Å²) in [6.45, 7) is 4.01. The quantitative estimate of drug-likeness (QED) is 0.648. The van der Waals surface area contributed by atoms with Gasteiger partial charge in [-0.3, -0.25) is 0 Å². The van der Waals surface area contributed by atoms with Crippen LogP contribution in [0.25, 0.3) is 0 Å². The molecule has 12 heavy (non-hydrogen) atoms. The molecule has 63 valence electrons. The number of methoxy groups -OCH3 is 1. The van der Waals surface area contributed by atoms with Gasteiger partial charge >= 0.3 is 0 Å². The van der Waals surface area contributed by atoms with Gasteiger partial charge in [-0.15, -0.1) is 0 Å². The topological polar surface area (TPSA) is 9.23 Å². The number of rotatable bonds is 2. The van der Waals surface area contributed by atoms with Crippen LogP contribution >= 0.6 is 0 Å². The molecule has 1 radical (unpaired) electrons. The molecule has 0 amide bonds. The van der Waals surface area contributed by atoms with Crippen LogP contribution in [0, 0.1) is 6.92 Å². The first-order chi connectivity index (χ1) is 5.83. The van der Waals surface area contributed by atoms with Gasteiger partial charge < -0.3 is 4.74 Å². The highest BCUT2D eigenvalue weighted by atomic mass is 16.5. The summed E-state index contributed by atoms with van der Waals surface area (Å²) in [5.74, 6) is 1.72. The third-order valence-electron chi connectivity index (χ3n) is 2.36. The second kappa shape index (κ2) is 2.81. The Kier molecular flexibility index (Phi) is 1.80. The number of hydrogen-bond acceptors (Lipinski definition) is 1. The molecule has 1 fully saturated rings. The molecule has 1 aliphatic carbocycles. The van der Waals surface area contributed by atoms with Crippen LogP contribution in [0.3, 0.4) is 0 Å². The molecule has 0 aromatic heterocycles.